The van der Waals surface area contributed by atoms with Crippen molar-refractivity contribution in [1.29, 1.82) is 0 Å². The smallest absolute Gasteiger partial charge is 0.223 e. The second kappa shape index (κ2) is 12.9. The minimum absolute atomic E-state index is 0.122. The van der Waals surface area contributed by atoms with Gasteiger partial charge in [-0.05, 0) is 84.1 Å². The Morgan fingerprint density at radius 1 is 1.14 bits per heavy atom. The average molecular weight is 482 g/mol. The molecule has 1 amide bonds. The van der Waals surface area contributed by atoms with Crippen LogP contribution >= 0.6 is 0 Å². The van der Waals surface area contributed by atoms with Gasteiger partial charge in [0, 0.05) is 30.8 Å². The number of unbranched alkanes of at least 4 members (excludes halogenated alkanes) is 2. The van der Waals surface area contributed by atoms with Gasteiger partial charge in [0.15, 0.2) is 0 Å². The molecule has 0 radical (unpaired) electrons. The average Bonchev–Trinajstić information content (AvgIpc) is 3.27. The molecule has 4 nitrogen and oxygen atoms in total. The van der Waals surface area contributed by atoms with Crippen molar-refractivity contribution in [2.24, 2.45) is 17.8 Å². The van der Waals surface area contributed by atoms with E-state index in [1.807, 2.05) is 17.0 Å². The van der Waals surface area contributed by atoms with Crippen molar-refractivity contribution >= 4 is 5.91 Å². The number of benzene rings is 1. The molecule has 0 aliphatic heterocycles. The fourth-order valence-electron chi connectivity index (χ4n) is 6.30. The first-order valence-corrected chi connectivity index (χ1v) is 13.8. The summed E-state index contributed by atoms with van der Waals surface area (Å²) in [5, 5.41) is 21.2. The van der Waals surface area contributed by atoms with E-state index in [2.05, 4.69) is 65.0 Å². The summed E-state index contributed by atoms with van der Waals surface area (Å²) >= 11 is 0. The van der Waals surface area contributed by atoms with Crippen LogP contribution in [0.3, 0.4) is 0 Å². The summed E-state index contributed by atoms with van der Waals surface area (Å²) < 4.78 is 0. The molecule has 1 saturated carbocycles. The largest absolute Gasteiger partial charge is 0.392 e. The number of aryl methyl sites for hydroxylation is 1. The Hall–Kier alpha value is -1.91. The van der Waals surface area contributed by atoms with E-state index in [0.29, 0.717) is 24.7 Å². The summed E-state index contributed by atoms with van der Waals surface area (Å²) in [6.45, 7) is 10.4. The lowest BCUT2D eigenvalue weighted by Crippen LogP contribution is -2.41. The molecule has 3 rings (SSSR count). The molecular weight excluding hydrogens is 434 g/mol. The molecule has 2 N–H and O–H groups in total. The van der Waals surface area contributed by atoms with E-state index in [4.69, 9.17) is 0 Å². The van der Waals surface area contributed by atoms with Gasteiger partial charge in [-0.2, -0.15) is 0 Å². The summed E-state index contributed by atoms with van der Waals surface area (Å²) in [6, 6.07) is 8.78. The van der Waals surface area contributed by atoms with Crippen molar-refractivity contribution in [2.45, 2.75) is 110 Å². The number of hydrogen-bond donors (Lipinski definition) is 2. The van der Waals surface area contributed by atoms with Gasteiger partial charge in [-0.3, -0.25) is 4.79 Å². The number of hydrogen-bond acceptors (Lipinski definition) is 3. The third-order valence-electron chi connectivity index (χ3n) is 7.82. The number of amides is 1. The molecule has 1 aromatic rings. The van der Waals surface area contributed by atoms with E-state index in [1.165, 1.54) is 11.1 Å². The van der Waals surface area contributed by atoms with Crippen molar-refractivity contribution in [3.05, 3.63) is 59.2 Å². The fraction of sp³-hybridized carbons (Fsp3) is 0.645. The van der Waals surface area contributed by atoms with Gasteiger partial charge in [-0.15, -0.1) is 0 Å². The van der Waals surface area contributed by atoms with E-state index >= 15 is 0 Å². The first kappa shape index (κ1) is 27.7. The van der Waals surface area contributed by atoms with E-state index in [1.54, 1.807) is 0 Å². The molecule has 2 aliphatic rings. The van der Waals surface area contributed by atoms with Crippen LogP contribution in [0.15, 0.2) is 48.1 Å². The molecule has 0 spiro atoms. The maximum Gasteiger partial charge on any atom is 0.223 e. The number of aliphatic hydroxyl groups is 2. The zero-order valence-corrected chi connectivity index (χ0v) is 22.5. The Balaban J connectivity index is 1.41. The number of fused-ring (bicyclic) bond motifs is 1. The molecule has 35 heavy (non-hydrogen) atoms. The zero-order chi connectivity index (χ0) is 25.5. The molecule has 4 heteroatoms. The lowest BCUT2D eigenvalue weighted by Gasteiger charge is -2.30. The highest BCUT2D eigenvalue weighted by Crippen LogP contribution is 2.48. The first-order chi connectivity index (χ1) is 16.7. The van der Waals surface area contributed by atoms with Gasteiger partial charge in [-0.25, -0.2) is 0 Å². The van der Waals surface area contributed by atoms with E-state index in [9.17, 15) is 15.0 Å². The second-order valence-corrected chi connectivity index (χ2v) is 11.4. The van der Waals surface area contributed by atoms with Crippen LogP contribution in [0.2, 0.25) is 0 Å². The fourth-order valence-corrected chi connectivity index (χ4v) is 6.30. The number of aliphatic hydroxyl groups excluding tert-OH is 2. The van der Waals surface area contributed by atoms with Gasteiger partial charge in [0.2, 0.25) is 5.91 Å². The van der Waals surface area contributed by atoms with Crippen LogP contribution in [-0.2, 0) is 11.2 Å². The Labute approximate surface area is 213 Å². The SMILES string of the molecule is Cc1cccc(C[C@H](O)C=C[C@@H]2[C@H]3CC(CCCCCC(=O)N(C(C)C)C(C)C)=C[C@H]3C[C@H]2O)c1. The van der Waals surface area contributed by atoms with Crippen molar-refractivity contribution in [3.8, 4) is 0 Å². The summed E-state index contributed by atoms with van der Waals surface area (Å²) in [5.41, 5.74) is 3.86. The Kier molecular flexibility index (Phi) is 10.2. The Bertz CT molecular complexity index is 879. The first-order valence-electron chi connectivity index (χ1n) is 13.8. The minimum Gasteiger partial charge on any atom is -0.392 e. The number of rotatable bonds is 12. The van der Waals surface area contributed by atoms with Crippen LogP contribution in [0.25, 0.3) is 0 Å². The van der Waals surface area contributed by atoms with E-state index < -0.39 is 6.10 Å². The number of allylic oxidation sites excluding steroid dienone is 2. The number of nitrogens with zero attached hydrogens (tertiary/aromatic N) is 1. The van der Waals surface area contributed by atoms with Crippen LogP contribution in [0, 0.1) is 24.7 Å². The van der Waals surface area contributed by atoms with Crippen LogP contribution < -0.4 is 0 Å². The van der Waals surface area contributed by atoms with Crippen molar-refractivity contribution in [3.63, 3.8) is 0 Å². The second-order valence-electron chi connectivity index (χ2n) is 11.4. The van der Waals surface area contributed by atoms with Crippen LogP contribution in [-0.4, -0.2) is 45.3 Å². The topological polar surface area (TPSA) is 60.8 Å². The highest BCUT2D eigenvalue weighted by Gasteiger charge is 2.43. The predicted molar refractivity (Wildman–Crippen MR) is 144 cm³/mol. The quantitative estimate of drug-likeness (QED) is 0.285. The standard InChI is InChI=1S/C31H47NO3/c1-21(2)32(22(3)4)31(35)13-8-6-7-11-25-17-26-20-30(34)28(29(26)19-25)15-14-27(33)18-24-12-9-10-23(5)16-24/h9-10,12,14-17,21-22,26-30,33-34H,6-8,11,13,18-20H2,1-5H3/t26-,27+,28+,29-,30+/m0/s1. The summed E-state index contributed by atoms with van der Waals surface area (Å²) in [4.78, 5) is 14.5. The maximum absolute atomic E-state index is 12.5. The van der Waals surface area contributed by atoms with Gasteiger partial charge in [0.25, 0.3) is 0 Å². The molecule has 0 unspecified atom stereocenters. The summed E-state index contributed by atoms with van der Waals surface area (Å²) in [7, 11) is 0. The monoisotopic (exact) mass is 481 g/mol. The van der Waals surface area contributed by atoms with E-state index in [-0.39, 0.29) is 30.0 Å². The molecule has 5 atom stereocenters. The van der Waals surface area contributed by atoms with Gasteiger partial charge in [-0.1, -0.05) is 60.1 Å². The lowest BCUT2D eigenvalue weighted by molar-refractivity contribution is -0.134. The van der Waals surface area contributed by atoms with Crippen molar-refractivity contribution in [1.82, 2.24) is 4.90 Å². The van der Waals surface area contributed by atoms with Gasteiger partial charge < -0.3 is 15.1 Å². The third-order valence-corrected chi connectivity index (χ3v) is 7.82. The highest BCUT2D eigenvalue weighted by atomic mass is 16.3. The van der Waals surface area contributed by atoms with Crippen LogP contribution in [0.1, 0.15) is 83.8 Å². The molecule has 0 heterocycles. The number of carbonyl (C=O) groups excluding carboxylic acids is 1. The molecule has 0 saturated heterocycles. The Morgan fingerprint density at radius 3 is 2.57 bits per heavy atom. The van der Waals surface area contributed by atoms with Gasteiger partial charge in [0.05, 0.1) is 12.2 Å². The van der Waals surface area contributed by atoms with Crippen LogP contribution in [0.5, 0.6) is 0 Å². The lowest BCUT2D eigenvalue weighted by atomic mass is 9.88. The number of carbonyl (C=O) groups is 1. The molecule has 0 bridgehead atoms. The van der Waals surface area contributed by atoms with Crippen LogP contribution in [0.4, 0.5) is 0 Å². The molecular formula is C31H47NO3. The maximum atomic E-state index is 12.5. The predicted octanol–water partition coefficient (Wildman–Crippen LogP) is 5.99. The molecule has 194 valence electrons. The highest BCUT2D eigenvalue weighted by molar-refractivity contribution is 5.76. The Morgan fingerprint density at radius 2 is 1.89 bits per heavy atom. The summed E-state index contributed by atoms with van der Waals surface area (Å²) in [5.74, 6) is 1.31. The van der Waals surface area contributed by atoms with E-state index in [0.717, 1.165) is 44.1 Å². The zero-order valence-electron chi connectivity index (χ0n) is 22.5. The summed E-state index contributed by atoms with van der Waals surface area (Å²) in [6.07, 6.45) is 12.9. The normalized spacial score (nSPS) is 24.9. The third kappa shape index (κ3) is 7.79. The van der Waals surface area contributed by atoms with Crippen molar-refractivity contribution in [2.75, 3.05) is 0 Å². The molecule has 0 aromatic heterocycles. The van der Waals surface area contributed by atoms with Gasteiger partial charge >= 0.3 is 0 Å². The van der Waals surface area contributed by atoms with Crippen molar-refractivity contribution < 1.29 is 15.0 Å². The molecule has 1 aromatic carbocycles. The minimum atomic E-state index is -0.526. The molecule has 2 aliphatic carbocycles. The van der Waals surface area contributed by atoms with Gasteiger partial charge in [0.1, 0.15) is 0 Å². The molecule has 1 fully saturated rings.